The third-order valence-corrected chi connectivity index (χ3v) is 3.13. The van der Waals surface area contributed by atoms with Gasteiger partial charge in [0, 0.05) is 10.9 Å². The molecule has 0 radical (unpaired) electrons. The topological polar surface area (TPSA) is 26.3 Å². The Bertz CT molecular complexity index is 290. The molecular formula is C9H9Br3O2. The van der Waals surface area contributed by atoms with E-state index in [9.17, 15) is 4.79 Å². The van der Waals surface area contributed by atoms with E-state index in [0.29, 0.717) is 9.15 Å². The Morgan fingerprint density at radius 2 is 2.07 bits per heavy atom. The fraction of sp³-hybridized carbons (Fsp3) is 0.444. The third kappa shape index (κ3) is 3.51. The van der Waals surface area contributed by atoms with Gasteiger partial charge in [-0.25, -0.2) is 4.79 Å². The number of halogens is 3. The molecule has 1 heterocycles. The second-order valence-corrected chi connectivity index (χ2v) is 6.27. The van der Waals surface area contributed by atoms with Crippen molar-refractivity contribution in [1.29, 1.82) is 0 Å². The maximum Gasteiger partial charge on any atom is 0.339 e. The lowest BCUT2D eigenvalue weighted by molar-refractivity contribution is -0.133. The zero-order valence-electron chi connectivity index (χ0n) is 7.36. The molecule has 78 valence electrons. The monoisotopic (exact) mass is 386 g/mol. The van der Waals surface area contributed by atoms with Crippen molar-refractivity contribution in [2.75, 3.05) is 5.33 Å². The molecule has 14 heavy (non-hydrogen) atoms. The molecular weight excluding hydrogens is 380 g/mol. The van der Waals surface area contributed by atoms with Crippen LogP contribution in [0.15, 0.2) is 20.8 Å². The SMILES string of the molecule is O=C1OC(=C(Br)Br)C=C1CCCCBr. The summed E-state index contributed by atoms with van der Waals surface area (Å²) in [4.78, 5) is 11.3. The van der Waals surface area contributed by atoms with Crippen LogP contribution in [0.4, 0.5) is 0 Å². The first-order chi connectivity index (χ1) is 6.65. The predicted molar refractivity (Wildman–Crippen MR) is 66.7 cm³/mol. The first-order valence-electron chi connectivity index (χ1n) is 4.19. The number of alkyl halides is 1. The normalized spacial score (nSPS) is 15.5. The van der Waals surface area contributed by atoms with E-state index in [2.05, 4.69) is 47.8 Å². The maximum atomic E-state index is 11.3. The molecule has 0 aliphatic carbocycles. The molecule has 0 aromatic heterocycles. The van der Waals surface area contributed by atoms with E-state index in [1.807, 2.05) is 0 Å². The van der Waals surface area contributed by atoms with Gasteiger partial charge < -0.3 is 4.74 Å². The van der Waals surface area contributed by atoms with E-state index in [0.717, 1.165) is 30.2 Å². The molecule has 0 fully saturated rings. The lowest BCUT2D eigenvalue weighted by Crippen LogP contribution is -1.98. The van der Waals surface area contributed by atoms with Crippen molar-refractivity contribution < 1.29 is 9.53 Å². The van der Waals surface area contributed by atoms with Gasteiger partial charge in [-0.2, -0.15) is 0 Å². The summed E-state index contributed by atoms with van der Waals surface area (Å²) in [7, 11) is 0. The summed E-state index contributed by atoms with van der Waals surface area (Å²) >= 11 is 9.76. The van der Waals surface area contributed by atoms with Crippen molar-refractivity contribution in [3.8, 4) is 0 Å². The highest BCUT2D eigenvalue weighted by atomic mass is 79.9. The summed E-state index contributed by atoms with van der Waals surface area (Å²) in [5.74, 6) is 0.329. The highest BCUT2D eigenvalue weighted by Gasteiger charge is 2.21. The van der Waals surface area contributed by atoms with Crippen LogP contribution >= 0.6 is 47.8 Å². The van der Waals surface area contributed by atoms with Crippen LogP contribution in [0.1, 0.15) is 19.3 Å². The van der Waals surface area contributed by atoms with E-state index in [1.165, 1.54) is 0 Å². The van der Waals surface area contributed by atoms with Crippen LogP contribution in [0.25, 0.3) is 0 Å². The van der Waals surface area contributed by atoms with E-state index in [1.54, 1.807) is 6.08 Å². The average molecular weight is 389 g/mol. The highest BCUT2D eigenvalue weighted by molar-refractivity contribution is 9.28. The molecule has 0 aromatic rings. The summed E-state index contributed by atoms with van der Waals surface area (Å²) in [6.07, 6.45) is 4.62. The fourth-order valence-electron chi connectivity index (χ4n) is 1.09. The summed E-state index contributed by atoms with van der Waals surface area (Å²) < 4.78 is 5.68. The number of cyclic esters (lactones) is 1. The van der Waals surface area contributed by atoms with Gasteiger partial charge in [0.2, 0.25) is 0 Å². The number of carbonyl (C=O) groups is 1. The van der Waals surface area contributed by atoms with E-state index in [4.69, 9.17) is 4.74 Å². The molecule has 0 bridgehead atoms. The number of ether oxygens (including phenoxy) is 1. The summed E-state index contributed by atoms with van der Waals surface area (Å²) in [6, 6.07) is 0. The zero-order valence-corrected chi connectivity index (χ0v) is 12.1. The minimum Gasteiger partial charge on any atom is -0.421 e. The van der Waals surface area contributed by atoms with E-state index < -0.39 is 0 Å². The van der Waals surface area contributed by atoms with Crippen molar-refractivity contribution in [2.24, 2.45) is 0 Å². The lowest BCUT2D eigenvalue weighted by Gasteiger charge is -1.97. The van der Waals surface area contributed by atoms with Crippen molar-refractivity contribution >= 4 is 53.8 Å². The molecule has 2 nitrogen and oxygen atoms in total. The summed E-state index contributed by atoms with van der Waals surface area (Å²) in [5, 5.41) is 0.972. The van der Waals surface area contributed by atoms with Crippen molar-refractivity contribution in [3.63, 3.8) is 0 Å². The molecule has 0 saturated heterocycles. The summed E-state index contributed by atoms with van der Waals surface area (Å²) in [5.41, 5.74) is 0.748. The van der Waals surface area contributed by atoms with Crippen molar-refractivity contribution in [3.05, 3.63) is 20.8 Å². The maximum absolute atomic E-state index is 11.3. The number of esters is 1. The number of rotatable bonds is 4. The number of unbranched alkanes of at least 4 members (excludes halogenated alkanes) is 1. The predicted octanol–water partition coefficient (Wildman–Crippen LogP) is 3.99. The lowest BCUT2D eigenvalue weighted by atomic mass is 10.1. The molecule has 1 aliphatic heterocycles. The molecule has 0 N–H and O–H groups in total. The molecule has 1 aliphatic rings. The van der Waals surface area contributed by atoms with E-state index >= 15 is 0 Å². The molecule has 0 amide bonds. The minimum atomic E-state index is -0.231. The van der Waals surface area contributed by atoms with Gasteiger partial charge in [0.05, 0.1) is 0 Å². The van der Waals surface area contributed by atoms with Gasteiger partial charge in [-0.05, 0) is 57.2 Å². The van der Waals surface area contributed by atoms with Gasteiger partial charge in [0.15, 0.2) is 5.76 Å². The second kappa shape index (κ2) is 6.08. The molecule has 0 aromatic carbocycles. The minimum absolute atomic E-state index is 0.231. The molecule has 0 saturated carbocycles. The van der Waals surface area contributed by atoms with Crippen LogP contribution in [0.5, 0.6) is 0 Å². The molecule has 0 spiro atoms. The van der Waals surface area contributed by atoms with Gasteiger partial charge in [-0.15, -0.1) is 0 Å². The second-order valence-electron chi connectivity index (χ2n) is 2.83. The number of carbonyl (C=O) groups excluding carboxylic acids is 1. The molecule has 0 atom stereocenters. The van der Waals surface area contributed by atoms with Crippen LogP contribution in [-0.4, -0.2) is 11.3 Å². The van der Waals surface area contributed by atoms with Crippen molar-refractivity contribution in [2.45, 2.75) is 19.3 Å². The molecule has 0 unspecified atom stereocenters. The Hall–Kier alpha value is 0.390. The average Bonchev–Trinajstić information content (AvgIpc) is 2.49. The van der Waals surface area contributed by atoms with Gasteiger partial charge >= 0.3 is 5.97 Å². The van der Waals surface area contributed by atoms with Crippen LogP contribution in [-0.2, 0) is 9.53 Å². The smallest absolute Gasteiger partial charge is 0.339 e. The largest absolute Gasteiger partial charge is 0.421 e. The Balaban J connectivity index is 2.56. The first kappa shape index (κ1) is 12.5. The standard InChI is InChI=1S/C9H9Br3O2/c10-4-2-1-3-6-5-7(8(11)12)14-9(6)13/h5H,1-4H2. The van der Waals surface area contributed by atoms with E-state index in [-0.39, 0.29) is 5.97 Å². The molecule has 5 heteroatoms. The first-order valence-corrected chi connectivity index (χ1v) is 6.90. The van der Waals surface area contributed by atoms with Gasteiger partial charge in [-0.3, -0.25) is 0 Å². The number of allylic oxidation sites excluding steroid dienone is 1. The van der Waals surface area contributed by atoms with Gasteiger partial charge in [0.1, 0.15) is 3.39 Å². The van der Waals surface area contributed by atoms with Crippen LogP contribution in [0.2, 0.25) is 0 Å². The number of hydrogen-bond acceptors (Lipinski definition) is 2. The fourth-order valence-corrected chi connectivity index (χ4v) is 1.88. The Morgan fingerprint density at radius 3 is 2.57 bits per heavy atom. The number of hydrogen-bond donors (Lipinski definition) is 0. The quantitative estimate of drug-likeness (QED) is 0.413. The van der Waals surface area contributed by atoms with Crippen LogP contribution in [0, 0.1) is 0 Å². The zero-order chi connectivity index (χ0) is 10.6. The Morgan fingerprint density at radius 1 is 1.36 bits per heavy atom. The Labute approximate surface area is 108 Å². The summed E-state index contributed by atoms with van der Waals surface area (Å²) in [6.45, 7) is 0. The van der Waals surface area contributed by atoms with Gasteiger partial charge in [-0.1, -0.05) is 15.9 Å². The molecule has 1 rings (SSSR count). The van der Waals surface area contributed by atoms with Crippen LogP contribution in [0.3, 0.4) is 0 Å². The third-order valence-electron chi connectivity index (χ3n) is 1.79. The van der Waals surface area contributed by atoms with Gasteiger partial charge in [0.25, 0.3) is 0 Å². The Kier molecular flexibility index (Phi) is 5.41. The highest BCUT2D eigenvalue weighted by Crippen LogP contribution is 2.29. The van der Waals surface area contributed by atoms with Crippen LogP contribution < -0.4 is 0 Å². The van der Waals surface area contributed by atoms with Crippen molar-refractivity contribution in [1.82, 2.24) is 0 Å².